The SMILES string of the molecule is CCOC(=O)N(C(=O)Cc1ccccc1)c1ccccc1. The predicted molar refractivity (Wildman–Crippen MR) is 81.1 cm³/mol. The van der Waals surface area contributed by atoms with E-state index >= 15 is 0 Å². The molecule has 0 unspecified atom stereocenters. The van der Waals surface area contributed by atoms with Gasteiger partial charge in [0.05, 0.1) is 18.7 Å². The summed E-state index contributed by atoms with van der Waals surface area (Å²) >= 11 is 0. The van der Waals surface area contributed by atoms with E-state index in [2.05, 4.69) is 0 Å². The maximum atomic E-state index is 12.5. The lowest BCUT2D eigenvalue weighted by Crippen LogP contribution is -2.38. The van der Waals surface area contributed by atoms with Gasteiger partial charge in [-0.25, -0.2) is 9.69 Å². The van der Waals surface area contributed by atoms with Gasteiger partial charge in [-0.3, -0.25) is 4.79 Å². The number of nitrogens with zero attached hydrogens (tertiary/aromatic N) is 1. The van der Waals surface area contributed by atoms with Gasteiger partial charge in [-0.05, 0) is 24.6 Å². The summed E-state index contributed by atoms with van der Waals surface area (Å²) in [5, 5.41) is 0. The minimum atomic E-state index is -0.648. The highest BCUT2D eigenvalue weighted by Gasteiger charge is 2.24. The molecule has 0 saturated carbocycles. The lowest BCUT2D eigenvalue weighted by molar-refractivity contribution is -0.117. The molecule has 2 amide bonds. The quantitative estimate of drug-likeness (QED) is 0.863. The molecule has 4 nitrogen and oxygen atoms in total. The monoisotopic (exact) mass is 283 g/mol. The number of benzene rings is 2. The Hall–Kier alpha value is -2.62. The molecular formula is C17H17NO3. The Labute approximate surface area is 124 Å². The van der Waals surface area contributed by atoms with E-state index in [9.17, 15) is 9.59 Å². The lowest BCUT2D eigenvalue weighted by atomic mass is 10.1. The van der Waals surface area contributed by atoms with Crippen LogP contribution in [-0.4, -0.2) is 18.6 Å². The number of carbonyl (C=O) groups excluding carboxylic acids is 2. The Kier molecular flexibility index (Phi) is 5.10. The number of ether oxygens (including phenoxy) is 1. The molecule has 21 heavy (non-hydrogen) atoms. The molecule has 0 atom stereocenters. The van der Waals surface area contributed by atoms with E-state index in [1.165, 1.54) is 0 Å². The summed E-state index contributed by atoms with van der Waals surface area (Å²) in [6, 6.07) is 18.1. The van der Waals surface area contributed by atoms with Crippen LogP contribution in [0, 0.1) is 0 Å². The van der Waals surface area contributed by atoms with Crippen molar-refractivity contribution in [3.63, 3.8) is 0 Å². The second kappa shape index (κ2) is 7.24. The zero-order valence-electron chi connectivity index (χ0n) is 11.9. The number of rotatable bonds is 4. The second-order valence-electron chi connectivity index (χ2n) is 4.43. The van der Waals surface area contributed by atoms with Gasteiger partial charge in [0.2, 0.25) is 5.91 Å². The molecular weight excluding hydrogens is 266 g/mol. The summed E-state index contributed by atoms with van der Waals surface area (Å²) in [5.41, 5.74) is 1.37. The number of imide groups is 1. The molecule has 0 heterocycles. The van der Waals surface area contributed by atoms with Crippen molar-refractivity contribution in [3.8, 4) is 0 Å². The third kappa shape index (κ3) is 3.92. The van der Waals surface area contributed by atoms with Gasteiger partial charge in [0, 0.05) is 0 Å². The van der Waals surface area contributed by atoms with Crippen molar-refractivity contribution >= 4 is 17.7 Å². The molecule has 2 rings (SSSR count). The van der Waals surface area contributed by atoms with E-state index < -0.39 is 6.09 Å². The largest absolute Gasteiger partial charge is 0.449 e. The molecule has 0 aliphatic heterocycles. The predicted octanol–water partition coefficient (Wildman–Crippen LogP) is 3.42. The van der Waals surface area contributed by atoms with E-state index in [0.717, 1.165) is 10.5 Å². The maximum absolute atomic E-state index is 12.5. The van der Waals surface area contributed by atoms with Crippen LogP contribution in [0.1, 0.15) is 12.5 Å². The van der Waals surface area contributed by atoms with Crippen molar-refractivity contribution in [2.75, 3.05) is 11.5 Å². The van der Waals surface area contributed by atoms with Gasteiger partial charge in [-0.15, -0.1) is 0 Å². The highest BCUT2D eigenvalue weighted by molar-refractivity contribution is 6.12. The van der Waals surface area contributed by atoms with Gasteiger partial charge < -0.3 is 4.74 Å². The molecule has 4 heteroatoms. The molecule has 0 aliphatic carbocycles. The first-order valence-electron chi connectivity index (χ1n) is 6.81. The molecule has 2 aromatic carbocycles. The summed E-state index contributed by atoms with van der Waals surface area (Å²) in [6.45, 7) is 1.93. The van der Waals surface area contributed by atoms with Crippen molar-refractivity contribution in [2.24, 2.45) is 0 Å². The Balaban J connectivity index is 2.23. The molecule has 0 aliphatic rings. The van der Waals surface area contributed by atoms with Crippen LogP contribution in [-0.2, 0) is 16.0 Å². The highest BCUT2D eigenvalue weighted by atomic mass is 16.6. The fourth-order valence-electron chi connectivity index (χ4n) is 1.97. The van der Waals surface area contributed by atoms with E-state index in [1.807, 2.05) is 36.4 Å². The number of anilines is 1. The number of carbonyl (C=O) groups is 2. The lowest BCUT2D eigenvalue weighted by Gasteiger charge is -2.20. The third-order valence-electron chi connectivity index (χ3n) is 2.91. The van der Waals surface area contributed by atoms with E-state index in [-0.39, 0.29) is 18.9 Å². The van der Waals surface area contributed by atoms with Crippen LogP contribution in [0.5, 0.6) is 0 Å². The minimum Gasteiger partial charge on any atom is -0.449 e. The van der Waals surface area contributed by atoms with Crippen LogP contribution >= 0.6 is 0 Å². The summed E-state index contributed by atoms with van der Waals surface area (Å²) < 4.78 is 4.98. The summed E-state index contributed by atoms with van der Waals surface area (Å²) in [5.74, 6) is -0.314. The molecule has 0 saturated heterocycles. The fraction of sp³-hybridized carbons (Fsp3) is 0.176. The minimum absolute atomic E-state index is 0.147. The standard InChI is InChI=1S/C17H17NO3/c1-2-21-17(20)18(15-11-7-4-8-12-15)16(19)13-14-9-5-3-6-10-14/h3-12H,2,13H2,1H3. The van der Waals surface area contributed by atoms with Crippen LogP contribution in [0.25, 0.3) is 0 Å². The molecule has 0 radical (unpaired) electrons. The van der Waals surface area contributed by atoms with Crippen molar-refractivity contribution < 1.29 is 14.3 Å². The van der Waals surface area contributed by atoms with Crippen molar-refractivity contribution in [3.05, 3.63) is 66.2 Å². The zero-order valence-corrected chi connectivity index (χ0v) is 11.9. The van der Waals surface area contributed by atoms with E-state index in [4.69, 9.17) is 4.74 Å². The first-order valence-corrected chi connectivity index (χ1v) is 6.81. The average molecular weight is 283 g/mol. The average Bonchev–Trinajstić information content (AvgIpc) is 2.50. The molecule has 0 spiro atoms. The summed E-state index contributed by atoms with van der Waals surface area (Å²) in [7, 11) is 0. The van der Waals surface area contributed by atoms with Gasteiger partial charge in [-0.2, -0.15) is 0 Å². The topological polar surface area (TPSA) is 46.6 Å². The Morgan fingerprint density at radius 1 is 0.952 bits per heavy atom. The number of para-hydroxylation sites is 1. The Bertz CT molecular complexity index is 596. The first-order chi connectivity index (χ1) is 10.2. The van der Waals surface area contributed by atoms with Gasteiger partial charge in [-0.1, -0.05) is 48.5 Å². The second-order valence-corrected chi connectivity index (χ2v) is 4.43. The molecule has 0 aromatic heterocycles. The van der Waals surface area contributed by atoms with E-state index in [1.54, 1.807) is 31.2 Å². The fourth-order valence-corrected chi connectivity index (χ4v) is 1.97. The van der Waals surface area contributed by atoms with Gasteiger partial charge in [0.15, 0.2) is 0 Å². The number of hydrogen-bond donors (Lipinski definition) is 0. The Morgan fingerprint density at radius 2 is 1.52 bits per heavy atom. The normalized spacial score (nSPS) is 9.95. The van der Waals surface area contributed by atoms with Gasteiger partial charge >= 0.3 is 6.09 Å². The molecule has 0 bridgehead atoms. The smallest absolute Gasteiger partial charge is 0.421 e. The van der Waals surface area contributed by atoms with Crippen molar-refractivity contribution in [1.82, 2.24) is 0 Å². The molecule has 2 aromatic rings. The highest BCUT2D eigenvalue weighted by Crippen LogP contribution is 2.16. The third-order valence-corrected chi connectivity index (χ3v) is 2.91. The first kappa shape index (κ1) is 14.8. The van der Waals surface area contributed by atoms with Crippen LogP contribution in [0.4, 0.5) is 10.5 Å². The van der Waals surface area contributed by atoms with Crippen LogP contribution in [0.3, 0.4) is 0 Å². The van der Waals surface area contributed by atoms with Crippen LogP contribution in [0.15, 0.2) is 60.7 Å². The van der Waals surface area contributed by atoms with Crippen LogP contribution in [0.2, 0.25) is 0 Å². The Morgan fingerprint density at radius 3 is 2.10 bits per heavy atom. The molecule has 108 valence electrons. The van der Waals surface area contributed by atoms with Gasteiger partial charge in [0.1, 0.15) is 0 Å². The molecule has 0 N–H and O–H groups in total. The number of amides is 2. The van der Waals surface area contributed by atoms with Crippen molar-refractivity contribution in [2.45, 2.75) is 13.3 Å². The summed E-state index contributed by atoms with van der Waals surface area (Å²) in [6.07, 6.45) is -0.501. The van der Waals surface area contributed by atoms with Crippen LogP contribution < -0.4 is 4.90 Å². The zero-order chi connectivity index (χ0) is 15.1. The van der Waals surface area contributed by atoms with Crippen molar-refractivity contribution in [1.29, 1.82) is 0 Å². The summed E-state index contributed by atoms with van der Waals surface area (Å²) in [4.78, 5) is 25.6. The molecule has 0 fully saturated rings. The van der Waals surface area contributed by atoms with Gasteiger partial charge in [0.25, 0.3) is 0 Å². The number of hydrogen-bond acceptors (Lipinski definition) is 3. The maximum Gasteiger partial charge on any atom is 0.421 e. The van der Waals surface area contributed by atoms with E-state index in [0.29, 0.717) is 5.69 Å².